The van der Waals surface area contributed by atoms with Crippen LogP contribution in [0.5, 0.6) is 0 Å². The predicted octanol–water partition coefficient (Wildman–Crippen LogP) is 1.87. The summed E-state index contributed by atoms with van der Waals surface area (Å²) in [7, 11) is 0. The molecule has 1 N–H and O–H groups in total. The second-order valence-corrected chi connectivity index (χ2v) is 6.09. The first-order valence-electron chi connectivity index (χ1n) is 7.82. The molecule has 2 fully saturated rings. The standard InChI is InChI=1S/C14H22ClN5O/c15-12-16-13(19-7-3-4-8-19)18-14(17-12)20-9-2-1-5-11(20)6-10-21/h11,21H,1-10H2. The molecule has 2 aliphatic heterocycles. The van der Waals surface area contributed by atoms with Crippen LogP contribution in [0.2, 0.25) is 5.28 Å². The highest BCUT2D eigenvalue weighted by Gasteiger charge is 2.26. The van der Waals surface area contributed by atoms with Crippen molar-refractivity contribution in [2.24, 2.45) is 0 Å². The van der Waals surface area contributed by atoms with Gasteiger partial charge in [-0.25, -0.2) is 0 Å². The van der Waals surface area contributed by atoms with Crippen molar-refractivity contribution in [2.45, 2.75) is 44.6 Å². The fourth-order valence-corrected chi connectivity index (χ4v) is 3.38. The maximum absolute atomic E-state index is 9.25. The average molecular weight is 312 g/mol. The largest absolute Gasteiger partial charge is 0.396 e. The van der Waals surface area contributed by atoms with Gasteiger partial charge >= 0.3 is 0 Å². The van der Waals surface area contributed by atoms with Gasteiger partial charge in [0.2, 0.25) is 17.2 Å². The smallest absolute Gasteiger partial charge is 0.231 e. The molecule has 0 aliphatic carbocycles. The Morgan fingerprint density at radius 2 is 1.71 bits per heavy atom. The van der Waals surface area contributed by atoms with Crippen LogP contribution in [0.1, 0.15) is 38.5 Å². The lowest BCUT2D eigenvalue weighted by atomic mass is 10.0. The normalized spacial score (nSPS) is 22.9. The van der Waals surface area contributed by atoms with Crippen molar-refractivity contribution in [2.75, 3.05) is 36.0 Å². The number of aliphatic hydroxyl groups excluding tert-OH is 1. The Bertz CT molecular complexity index is 478. The Balaban J connectivity index is 1.85. The van der Waals surface area contributed by atoms with Crippen molar-refractivity contribution >= 4 is 23.5 Å². The molecule has 3 heterocycles. The molecule has 3 rings (SSSR count). The fraction of sp³-hybridized carbons (Fsp3) is 0.786. The highest BCUT2D eigenvalue weighted by atomic mass is 35.5. The van der Waals surface area contributed by atoms with Gasteiger partial charge in [0, 0.05) is 32.3 Å². The van der Waals surface area contributed by atoms with Gasteiger partial charge in [-0.2, -0.15) is 15.0 Å². The van der Waals surface area contributed by atoms with Crippen molar-refractivity contribution in [3.8, 4) is 0 Å². The van der Waals surface area contributed by atoms with Gasteiger partial charge < -0.3 is 14.9 Å². The second kappa shape index (κ2) is 6.75. The predicted molar refractivity (Wildman–Crippen MR) is 83.0 cm³/mol. The molecule has 0 radical (unpaired) electrons. The second-order valence-electron chi connectivity index (χ2n) is 5.75. The van der Waals surface area contributed by atoms with Crippen molar-refractivity contribution in [1.29, 1.82) is 0 Å². The summed E-state index contributed by atoms with van der Waals surface area (Å²) in [6.45, 7) is 3.09. The molecule has 2 saturated heterocycles. The van der Waals surface area contributed by atoms with E-state index in [1.165, 1.54) is 19.3 Å². The van der Waals surface area contributed by atoms with Crippen LogP contribution in [0.3, 0.4) is 0 Å². The summed E-state index contributed by atoms with van der Waals surface area (Å²) in [5.41, 5.74) is 0. The minimum Gasteiger partial charge on any atom is -0.396 e. The number of aliphatic hydroxyl groups is 1. The molecule has 1 unspecified atom stereocenters. The van der Waals surface area contributed by atoms with Crippen LogP contribution in [0, 0.1) is 0 Å². The summed E-state index contributed by atoms with van der Waals surface area (Å²) in [4.78, 5) is 17.6. The minimum atomic E-state index is 0.193. The fourth-order valence-electron chi connectivity index (χ4n) is 3.23. The summed E-state index contributed by atoms with van der Waals surface area (Å²) in [5, 5.41) is 9.51. The van der Waals surface area contributed by atoms with E-state index in [0.29, 0.717) is 17.9 Å². The number of nitrogens with zero attached hydrogens (tertiary/aromatic N) is 5. The lowest BCUT2D eigenvalue weighted by molar-refractivity contribution is 0.261. The molecule has 0 spiro atoms. The zero-order chi connectivity index (χ0) is 14.7. The van der Waals surface area contributed by atoms with Crippen LogP contribution in [-0.4, -0.2) is 52.3 Å². The van der Waals surface area contributed by atoms with Crippen LogP contribution in [0.25, 0.3) is 0 Å². The Kier molecular flexibility index (Phi) is 4.75. The van der Waals surface area contributed by atoms with E-state index in [4.69, 9.17) is 11.6 Å². The maximum Gasteiger partial charge on any atom is 0.231 e. The third-order valence-corrected chi connectivity index (χ3v) is 4.49. The van der Waals surface area contributed by atoms with Crippen LogP contribution in [0.15, 0.2) is 0 Å². The molecule has 21 heavy (non-hydrogen) atoms. The third kappa shape index (κ3) is 3.37. The van der Waals surface area contributed by atoms with Gasteiger partial charge in [0.25, 0.3) is 0 Å². The Hall–Kier alpha value is -1.14. The zero-order valence-electron chi connectivity index (χ0n) is 12.2. The van der Waals surface area contributed by atoms with E-state index >= 15 is 0 Å². The van der Waals surface area contributed by atoms with E-state index in [9.17, 15) is 5.11 Å². The van der Waals surface area contributed by atoms with E-state index < -0.39 is 0 Å². The van der Waals surface area contributed by atoms with Gasteiger partial charge in [0.15, 0.2) is 0 Å². The lowest BCUT2D eigenvalue weighted by Gasteiger charge is -2.35. The first-order valence-corrected chi connectivity index (χ1v) is 8.20. The first-order chi connectivity index (χ1) is 10.3. The topological polar surface area (TPSA) is 65.4 Å². The number of rotatable bonds is 4. The molecule has 0 amide bonds. The number of anilines is 2. The van der Waals surface area contributed by atoms with Crippen molar-refractivity contribution in [3.05, 3.63) is 5.28 Å². The SMILES string of the molecule is OCCC1CCCCN1c1nc(Cl)nc(N2CCCC2)n1. The van der Waals surface area contributed by atoms with Crippen molar-refractivity contribution in [1.82, 2.24) is 15.0 Å². The van der Waals surface area contributed by atoms with Crippen LogP contribution in [0.4, 0.5) is 11.9 Å². The first kappa shape index (κ1) is 14.8. The molecule has 1 aromatic rings. The molecular formula is C14H22ClN5O. The monoisotopic (exact) mass is 311 g/mol. The quantitative estimate of drug-likeness (QED) is 0.915. The third-order valence-electron chi connectivity index (χ3n) is 4.32. The van der Waals surface area contributed by atoms with Gasteiger partial charge in [-0.1, -0.05) is 0 Å². The van der Waals surface area contributed by atoms with E-state index in [1.807, 2.05) is 0 Å². The zero-order valence-corrected chi connectivity index (χ0v) is 13.0. The Labute approximate surface area is 130 Å². The number of aromatic nitrogens is 3. The van der Waals surface area contributed by atoms with Crippen LogP contribution >= 0.6 is 11.6 Å². The van der Waals surface area contributed by atoms with Crippen molar-refractivity contribution in [3.63, 3.8) is 0 Å². The Morgan fingerprint density at radius 1 is 1.00 bits per heavy atom. The molecule has 1 aromatic heterocycles. The van der Waals surface area contributed by atoms with E-state index in [2.05, 4.69) is 24.8 Å². The summed E-state index contributed by atoms with van der Waals surface area (Å²) in [5.74, 6) is 1.35. The highest BCUT2D eigenvalue weighted by molar-refractivity contribution is 6.28. The van der Waals surface area contributed by atoms with Crippen molar-refractivity contribution < 1.29 is 5.11 Å². The summed E-state index contributed by atoms with van der Waals surface area (Å²) in [6.07, 6.45) is 6.50. The summed E-state index contributed by atoms with van der Waals surface area (Å²) in [6, 6.07) is 0.300. The number of hydrogen-bond acceptors (Lipinski definition) is 6. The molecular weight excluding hydrogens is 290 g/mol. The number of halogens is 1. The van der Waals surface area contributed by atoms with Gasteiger partial charge in [-0.15, -0.1) is 0 Å². The van der Waals surface area contributed by atoms with Gasteiger partial charge in [-0.3, -0.25) is 0 Å². The van der Waals surface area contributed by atoms with E-state index in [-0.39, 0.29) is 11.9 Å². The summed E-state index contributed by atoms with van der Waals surface area (Å²) >= 11 is 6.11. The highest BCUT2D eigenvalue weighted by Crippen LogP contribution is 2.26. The van der Waals surface area contributed by atoms with E-state index in [0.717, 1.165) is 38.9 Å². The van der Waals surface area contributed by atoms with Crippen LogP contribution in [-0.2, 0) is 0 Å². The molecule has 0 aromatic carbocycles. The molecule has 116 valence electrons. The Morgan fingerprint density at radius 3 is 2.48 bits per heavy atom. The van der Waals surface area contributed by atoms with Gasteiger partial charge in [0.1, 0.15) is 0 Å². The minimum absolute atomic E-state index is 0.193. The van der Waals surface area contributed by atoms with Gasteiger partial charge in [-0.05, 0) is 50.1 Å². The average Bonchev–Trinajstić information content (AvgIpc) is 3.02. The molecule has 1 atom stereocenters. The summed E-state index contributed by atoms with van der Waals surface area (Å²) < 4.78 is 0. The van der Waals surface area contributed by atoms with E-state index in [1.54, 1.807) is 0 Å². The molecule has 7 heteroatoms. The lowest BCUT2D eigenvalue weighted by Crippen LogP contribution is -2.41. The molecule has 0 saturated carbocycles. The molecule has 6 nitrogen and oxygen atoms in total. The molecule has 0 bridgehead atoms. The number of hydrogen-bond donors (Lipinski definition) is 1. The van der Waals surface area contributed by atoms with Crippen LogP contribution < -0.4 is 9.80 Å². The number of piperidine rings is 1. The van der Waals surface area contributed by atoms with Gasteiger partial charge in [0.05, 0.1) is 0 Å². The molecule has 2 aliphatic rings. The maximum atomic E-state index is 9.25.